The molecule has 0 amide bonds. The Morgan fingerprint density at radius 2 is 1.87 bits per heavy atom. The largest absolute Gasteiger partial charge is 0.313 e. The molecule has 1 nitrogen and oxygen atoms in total. The van der Waals surface area contributed by atoms with E-state index < -0.39 is 0 Å². The second kappa shape index (κ2) is 7.56. The van der Waals surface area contributed by atoms with Gasteiger partial charge < -0.3 is 5.32 Å². The summed E-state index contributed by atoms with van der Waals surface area (Å²) in [5.41, 5.74) is 0. The maximum Gasteiger partial charge on any atom is 0.00673 e. The highest BCUT2D eigenvalue weighted by Crippen LogP contribution is 2.27. The van der Waals surface area contributed by atoms with E-state index in [4.69, 9.17) is 0 Å². The number of hydrogen-bond acceptors (Lipinski definition) is 2. The van der Waals surface area contributed by atoms with E-state index in [0.29, 0.717) is 0 Å². The van der Waals surface area contributed by atoms with Gasteiger partial charge in [0.2, 0.25) is 0 Å². The molecule has 0 aliphatic heterocycles. The zero-order valence-corrected chi connectivity index (χ0v) is 11.4. The predicted molar refractivity (Wildman–Crippen MR) is 71.6 cm³/mol. The summed E-state index contributed by atoms with van der Waals surface area (Å²) < 4.78 is 0. The molecular formula is C13H27NS. The van der Waals surface area contributed by atoms with Gasteiger partial charge in [0.05, 0.1) is 0 Å². The maximum atomic E-state index is 3.68. The van der Waals surface area contributed by atoms with E-state index in [1.807, 2.05) is 0 Å². The summed E-state index contributed by atoms with van der Waals surface area (Å²) in [4.78, 5) is 0. The van der Waals surface area contributed by atoms with Crippen LogP contribution < -0.4 is 5.32 Å². The maximum absolute atomic E-state index is 3.68. The van der Waals surface area contributed by atoms with Crippen molar-refractivity contribution in [3.63, 3.8) is 0 Å². The van der Waals surface area contributed by atoms with Gasteiger partial charge in [0.25, 0.3) is 0 Å². The van der Waals surface area contributed by atoms with Gasteiger partial charge in [-0.15, -0.1) is 0 Å². The minimum Gasteiger partial charge on any atom is -0.313 e. The quantitative estimate of drug-likeness (QED) is 0.670. The molecule has 1 saturated carbocycles. The topological polar surface area (TPSA) is 12.0 Å². The van der Waals surface area contributed by atoms with E-state index in [2.05, 4.69) is 37.8 Å². The van der Waals surface area contributed by atoms with Crippen LogP contribution in [0.1, 0.15) is 46.5 Å². The molecule has 1 rings (SSSR count). The molecule has 0 radical (unpaired) electrons. The summed E-state index contributed by atoms with van der Waals surface area (Å²) in [5, 5.41) is 3.68. The number of nitrogens with one attached hydrogen (secondary N) is 1. The van der Waals surface area contributed by atoms with Gasteiger partial charge >= 0.3 is 0 Å². The van der Waals surface area contributed by atoms with Crippen LogP contribution in [0.3, 0.4) is 0 Å². The van der Waals surface area contributed by atoms with E-state index >= 15 is 0 Å². The van der Waals surface area contributed by atoms with Crippen LogP contribution in [0, 0.1) is 11.8 Å². The van der Waals surface area contributed by atoms with Crippen molar-refractivity contribution in [2.45, 2.75) is 52.5 Å². The molecule has 0 spiro atoms. The molecule has 1 atom stereocenters. The van der Waals surface area contributed by atoms with Crippen LogP contribution in [0.25, 0.3) is 0 Å². The Labute approximate surface area is 99.8 Å². The summed E-state index contributed by atoms with van der Waals surface area (Å²) in [6, 6.07) is 0.743. The fourth-order valence-corrected chi connectivity index (χ4v) is 3.20. The minimum atomic E-state index is 0.743. The molecule has 0 bridgehead atoms. The highest BCUT2D eigenvalue weighted by atomic mass is 32.2. The molecule has 2 heteroatoms. The van der Waals surface area contributed by atoms with Crippen molar-refractivity contribution in [3.05, 3.63) is 0 Å². The van der Waals surface area contributed by atoms with Crippen LogP contribution in [0.2, 0.25) is 0 Å². The molecule has 90 valence electrons. The van der Waals surface area contributed by atoms with Crippen LogP contribution in [0.5, 0.6) is 0 Å². The molecule has 0 aromatic carbocycles. The van der Waals surface area contributed by atoms with E-state index in [1.54, 1.807) is 0 Å². The smallest absolute Gasteiger partial charge is 0.00673 e. The van der Waals surface area contributed by atoms with Gasteiger partial charge in [-0.25, -0.2) is 0 Å². The average molecular weight is 229 g/mol. The molecule has 1 unspecified atom stereocenters. The van der Waals surface area contributed by atoms with E-state index in [-0.39, 0.29) is 0 Å². The average Bonchev–Trinajstić information content (AvgIpc) is 2.69. The van der Waals surface area contributed by atoms with Crippen molar-refractivity contribution in [2.24, 2.45) is 11.8 Å². The second-order valence-corrected chi connectivity index (χ2v) is 6.41. The predicted octanol–water partition coefficient (Wildman–Crippen LogP) is 3.54. The first-order chi connectivity index (χ1) is 7.20. The Hall–Kier alpha value is 0.310. The Morgan fingerprint density at radius 3 is 2.47 bits per heavy atom. The van der Waals surface area contributed by atoms with Crippen molar-refractivity contribution < 1.29 is 0 Å². The fraction of sp³-hybridized carbons (Fsp3) is 1.00. The third-order valence-electron chi connectivity index (χ3n) is 3.27. The van der Waals surface area contributed by atoms with Gasteiger partial charge in [-0.3, -0.25) is 0 Å². The number of rotatable bonds is 7. The molecule has 15 heavy (non-hydrogen) atoms. The molecule has 0 aromatic rings. The Morgan fingerprint density at radius 1 is 1.20 bits per heavy atom. The van der Waals surface area contributed by atoms with Gasteiger partial charge in [0.1, 0.15) is 0 Å². The zero-order valence-electron chi connectivity index (χ0n) is 10.6. The van der Waals surface area contributed by atoms with Crippen molar-refractivity contribution >= 4 is 11.8 Å². The van der Waals surface area contributed by atoms with Crippen molar-refractivity contribution in [3.8, 4) is 0 Å². The molecule has 1 fully saturated rings. The SMILES string of the molecule is CC(C)CSCCNC(C)C1CCCC1. The highest BCUT2D eigenvalue weighted by molar-refractivity contribution is 7.99. The summed E-state index contributed by atoms with van der Waals surface area (Å²) >= 11 is 2.08. The van der Waals surface area contributed by atoms with Crippen LogP contribution in [0.4, 0.5) is 0 Å². The summed E-state index contributed by atoms with van der Waals surface area (Å²) in [6.45, 7) is 8.14. The van der Waals surface area contributed by atoms with Gasteiger partial charge in [-0.2, -0.15) is 11.8 Å². The molecule has 0 heterocycles. The lowest BCUT2D eigenvalue weighted by atomic mass is 10.00. The second-order valence-electron chi connectivity index (χ2n) is 5.26. The third kappa shape index (κ3) is 5.82. The standard InChI is InChI=1S/C13H27NS/c1-11(2)10-15-9-8-14-12(3)13-6-4-5-7-13/h11-14H,4-10H2,1-3H3. The van der Waals surface area contributed by atoms with Gasteiger partial charge in [0.15, 0.2) is 0 Å². The van der Waals surface area contributed by atoms with Gasteiger partial charge in [0, 0.05) is 18.3 Å². The molecule has 1 N–H and O–H groups in total. The van der Waals surface area contributed by atoms with Crippen molar-refractivity contribution in [1.82, 2.24) is 5.32 Å². The zero-order chi connectivity index (χ0) is 11.1. The monoisotopic (exact) mass is 229 g/mol. The minimum absolute atomic E-state index is 0.743. The van der Waals surface area contributed by atoms with Crippen LogP contribution >= 0.6 is 11.8 Å². The van der Waals surface area contributed by atoms with Gasteiger partial charge in [-0.1, -0.05) is 26.7 Å². The molecule has 0 saturated heterocycles. The summed E-state index contributed by atoms with van der Waals surface area (Å²) in [5.74, 6) is 4.37. The highest BCUT2D eigenvalue weighted by Gasteiger charge is 2.20. The number of thioether (sulfide) groups is 1. The van der Waals surface area contributed by atoms with Crippen molar-refractivity contribution in [2.75, 3.05) is 18.1 Å². The Balaban J connectivity index is 1.94. The van der Waals surface area contributed by atoms with E-state index in [0.717, 1.165) is 17.9 Å². The van der Waals surface area contributed by atoms with Crippen LogP contribution in [-0.2, 0) is 0 Å². The first-order valence-electron chi connectivity index (χ1n) is 6.51. The summed E-state index contributed by atoms with van der Waals surface area (Å²) in [7, 11) is 0. The lowest BCUT2D eigenvalue weighted by Crippen LogP contribution is -2.33. The molecule has 1 aliphatic rings. The number of hydrogen-bond donors (Lipinski definition) is 1. The first kappa shape index (κ1) is 13.4. The van der Waals surface area contributed by atoms with Crippen LogP contribution in [0.15, 0.2) is 0 Å². The van der Waals surface area contributed by atoms with E-state index in [1.165, 1.54) is 43.7 Å². The summed E-state index contributed by atoms with van der Waals surface area (Å²) in [6.07, 6.45) is 5.82. The Bertz CT molecular complexity index is 153. The molecule has 0 aromatic heterocycles. The first-order valence-corrected chi connectivity index (χ1v) is 7.66. The molecule has 1 aliphatic carbocycles. The Kier molecular flexibility index (Phi) is 6.74. The molecular weight excluding hydrogens is 202 g/mol. The lowest BCUT2D eigenvalue weighted by molar-refractivity contribution is 0.390. The van der Waals surface area contributed by atoms with E-state index in [9.17, 15) is 0 Å². The van der Waals surface area contributed by atoms with Crippen molar-refractivity contribution in [1.29, 1.82) is 0 Å². The normalized spacial score (nSPS) is 20.0. The third-order valence-corrected chi connectivity index (χ3v) is 4.67. The lowest BCUT2D eigenvalue weighted by Gasteiger charge is -2.20. The fourth-order valence-electron chi connectivity index (χ4n) is 2.30. The van der Waals surface area contributed by atoms with Gasteiger partial charge in [-0.05, 0) is 37.4 Å². The van der Waals surface area contributed by atoms with Crippen LogP contribution in [-0.4, -0.2) is 24.1 Å².